The molecule has 0 radical (unpaired) electrons. The number of aromatic nitrogens is 2. The van der Waals surface area contributed by atoms with Crippen LogP contribution in [-0.2, 0) is 19.7 Å². The predicted molar refractivity (Wildman–Crippen MR) is 106 cm³/mol. The Morgan fingerprint density at radius 1 is 1.13 bits per heavy atom. The third-order valence-electron chi connectivity index (χ3n) is 4.50. The average Bonchev–Trinajstić information content (AvgIpc) is 3.11. The third kappa shape index (κ3) is 4.99. The highest BCUT2D eigenvalue weighted by atomic mass is 35.5. The molecule has 10 heteroatoms. The molecule has 0 unspecified atom stereocenters. The van der Waals surface area contributed by atoms with Crippen LogP contribution in [0.5, 0.6) is 5.75 Å². The third-order valence-corrected chi connectivity index (χ3v) is 4.82. The maximum absolute atomic E-state index is 13.7. The van der Waals surface area contributed by atoms with Gasteiger partial charge in [-0.15, -0.1) is 0 Å². The second kappa shape index (κ2) is 9.38. The molecule has 1 amide bonds. The van der Waals surface area contributed by atoms with E-state index < -0.39 is 29.0 Å². The van der Waals surface area contributed by atoms with Crippen molar-refractivity contribution in [2.75, 3.05) is 7.05 Å². The number of carbonyl (C=O) groups is 1. The zero-order valence-electron chi connectivity index (χ0n) is 16.6. The summed E-state index contributed by atoms with van der Waals surface area (Å²) in [6.07, 6.45) is 1.68. The first kappa shape index (κ1) is 22.6. The van der Waals surface area contributed by atoms with E-state index in [0.717, 1.165) is 0 Å². The lowest BCUT2D eigenvalue weighted by molar-refractivity contribution is 0.0783. The molecule has 0 aliphatic rings. The first-order valence-electron chi connectivity index (χ1n) is 9.23. The number of halogens is 5. The number of carbonyl (C=O) groups excluding carboxylic acids is 1. The van der Waals surface area contributed by atoms with E-state index in [1.54, 1.807) is 17.9 Å². The maximum atomic E-state index is 13.7. The van der Waals surface area contributed by atoms with Gasteiger partial charge in [0.15, 0.2) is 17.4 Å². The van der Waals surface area contributed by atoms with E-state index in [1.807, 2.05) is 6.92 Å². The lowest BCUT2D eigenvalue weighted by Crippen LogP contribution is -2.26. The molecule has 3 rings (SSSR count). The van der Waals surface area contributed by atoms with Crippen molar-refractivity contribution >= 4 is 17.5 Å². The van der Waals surface area contributed by atoms with Crippen LogP contribution in [0.4, 0.5) is 17.6 Å². The summed E-state index contributed by atoms with van der Waals surface area (Å²) < 4.78 is 60.4. The van der Waals surface area contributed by atoms with E-state index in [0.29, 0.717) is 28.4 Å². The summed E-state index contributed by atoms with van der Waals surface area (Å²) in [4.78, 5) is 14.1. The van der Waals surface area contributed by atoms with Crippen LogP contribution in [0.1, 0.15) is 28.5 Å². The normalized spacial score (nSPS) is 10.9. The molecule has 1 heterocycles. The number of ether oxygens (including phenoxy) is 1. The van der Waals surface area contributed by atoms with Crippen LogP contribution in [0.2, 0.25) is 5.02 Å². The van der Waals surface area contributed by atoms with Crippen LogP contribution in [0, 0.1) is 23.3 Å². The largest absolute Gasteiger partial charge is 0.483 e. The summed E-state index contributed by atoms with van der Waals surface area (Å²) in [5.41, 5.74) is 1.36. The predicted octanol–water partition coefficient (Wildman–Crippen LogP) is 4.96. The van der Waals surface area contributed by atoms with Crippen molar-refractivity contribution in [1.82, 2.24) is 14.7 Å². The second-order valence-electron chi connectivity index (χ2n) is 6.72. The Morgan fingerprint density at radius 3 is 2.29 bits per heavy atom. The highest BCUT2D eigenvalue weighted by Gasteiger charge is 2.21. The maximum Gasteiger partial charge on any atom is 0.253 e. The number of aryl methyl sites for hydroxylation is 1. The van der Waals surface area contributed by atoms with Crippen molar-refractivity contribution in [2.45, 2.75) is 26.6 Å². The number of rotatable bonds is 7. The van der Waals surface area contributed by atoms with Gasteiger partial charge in [0.25, 0.3) is 5.91 Å². The summed E-state index contributed by atoms with van der Waals surface area (Å²) in [5, 5.41) is 4.76. The van der Waals surface area contributed by atoms with Gasteiger partial charge in [0.1, 0.15) is 12.3 Å². The van der Waals surface area contributed by atoms with Gasteiger partial charge in [0.05, 0.1) is 11.6 Å². The number of hydrogen-bond acceptors (Lipinski definition) is 3. The molecule has 164 valence electrons. The Bertz CT molecular complexity index is 1080. The molecule has 1 aromatic heterocycles. The van der Waals surface area contributed by atoms with Gasteiger partial charge in [-0.2, -0.15) is 13.9 Å². The van der Waals surface area contributed by atoms with Gasteiger partial charge in [0, 0.05) is 31.4 Å². The van der Waals surface area contributed by atoms with E-state index >= 15 is 0 Å². The molecule has 3 aromatic rings. The smallest absolute Gasteiger partial charge is 0.253 e. The number of nitrogens with zero attached hydrogens (tertiary/aromatic N) is 3. The fourth-order valence-corrected chi connectivity index (χ4v) is 3.01. The fraction of sp³-hybridized carbons (Fsp3) is 0.238. The van der Waals surface area contributed by atoms with E-state index in [9.17, 15) is 22.4 Å². The molecule has 31 heavy (non-hydrogen) atoms. The molecule has 0 N–H and O–H groups in total. The molecule has 0 saturated carbocycles. The van der Waals surface area contributed by atoms with E-state index in [2.05, 4.69) is 5.10 Å². The minimum Gasteiger partial charge on any atom is -0.483 e. The molecule has 0 spiro atoms. The summed E-state index contributed by atoms with van der Waals surface area (Å²) >= 11 is 6.13. The molecular weight excluding hydrogens is 438 g/mol. The van der Waals surface area contributed by atoms with Gasteiger partial charge in [-0.1, -0.05) is 23.7 Å². The van der Waals surface area contributed by atoms with Gasteiger partial charge < -0.3 is 9.64 Å². The summed E-state index contributed by atoms with van der Waals surface area (Å²) in [5.74, 6) is -7.77. The molecule has 0 saturated heterocycles. The quantitative estimate of drug-likeness (QED) is 0.373. The molecule has 0 bridgehead atoms. The van der Waals surface area contributed by atoms with E-state index in [1.165, 1.54) is 29.2 Å². The van der Waals surface area contributed by atoms with Crippen LogP contribution < -0.4 is 4.74 Å². The van der Waals surface area contributed by atoms with Crippen LogP contribution in [0.15, 0.2) is 36.5 Å². The Hall–Kier alpha value is -3.07. The molecule has 0 aliphatic carbocycles. The molecular formula is C21H18ClF4N3O2. The lowest BCUT2D eigenvalue weighted by atomic mass is 10.1. The Balaban J connectivity index is 1.66. The number of hydrogen-bond donors (Lipinski definition) is 0. The van der Waals surface area contributed by atoms with Crippen LogP contribution >= 0.6 is 11.6 Å². The van der Waals surface area contributed by atoms with Crippen LogP contribution in [-0.4, -0.2) is 27.6 Å². The summed E-state index contributed by atoms with van der Waals surface area (Å²) in [6.45, 7) is 2.42. The van der Waals surface area contributed by atoms with Crippen molar-refractivity contribution < 1.29 is 27.1 Å². The topological polar surface area (TPSA) is 47.4 Å². The minimum absolute atomic E-state index is 0.105. The monoisotopic (exact) mass is 455 g/mol. The van der Waals surface area contributed by atoms with E-state index in [4.69, 9.17) is 16.3 Å². The van der Waals surface area contributed by atoms with E-state index in [-0.39, 0.29) is 25.1 Å². The fourth-order valence-electron chi connectivity index (χ4n) is 2.80. The Labute approximate surface area is 180 Å². The van der Waals surface area contributed by atoms with Crippen LogP contribution in [0.3, 0.4) is 0 Å². The van der Waals surface area contributed by atoms with Crippen molar-refractivity contribution in [3.8, 4) is 5.75 Å². The highest BCUT2D eigenvalue weighted by Crippen LogP contribution is 2.27. The van der Waals surface area contributed by atoms with Crippen molar-refractivity contribution in [3.05, 3.63) is 81.6 Å². The first-order chi connectivity index (χ1) is 14.7. The standard InChI is InChI=1S/C21H18ClF4N3O2/c1-3-29-9-14(22)17(27-29)10-28(2)21(30)13-6-4-12(5-7-13)11-31-20-18(25)15(23)8-16(24)19(20)26/h4-9H,3,10-11H2,1-2H3. The molecule has 0 aliphatic heterocycles. The van der Waals surface area contributed by atoms with Crippen molar-refractivity contribution in [3.63, 3.8) is 0 Å². The van der Waals surface area contributed by atoms with Gasteiger partial charge in [-0.3, -0.25) is 9.48 Å². The minimum atomic E-state index is -1.61. The average molecular weight is 456 g/mol. The highest BCUT2D eigenvalue weighted by molar-refractivity contribution is 6.31. The Morgan fingerprint density at radius 2 is 1.74 bits per heavy atom. The van der Waals surface area contributed by atoms with Crippen LogP contribution in [0.25, 0.3) is 0 Å². The van der Waals surface area contributed by atoms with Gasteiger partial charge in [0.2, 0.25) is 11.6 Å². The summed E-state index contributed by atoms with van der Waals surface area (Å²) in [7, 11) is 1.60. The van der Waals surface area contributed by atoms with Gasteiger partial charge in [-0.05, 0) is 24.6 Å². The molecule has 5 nitrogen and oxygen atoms in total. The first-order valence-corrected chi connectivity index (χ1v) is 9.61. The molecule has 0 fully saturated rings. The zero-order valence-corrected chi connectivity index (χ0v) is 17.4. The van der Waals surface area contributed by atoms with Crippen molar-refractivity contribution in [2.24, 2.45) is 0 Å². The summed E-state index contributed by atoms with van der Waals surface area (Å²) in [6, 6.07) is 6.12. The Kier molecular flexibility index (Phi) is 6.84. The molecule has 0 atom stereocenters. The SMILES string of the molecule is CCn1cc(Cl)c(CN(C)C(=O)c2ccc(COc3c(F)c(F)cc(F)c3F)cc2)n1. The number of benzene rings is 2. The lowest BCUT2D eigenvalue weighted by Gasteiger charge is -2.16. The molecule has 2 aromatic carbocycles. The van der Waals surface area contributed by atoms with Crippen molar-refractivity contribution in [1.29, 1.82) is 0 Å². The second-order valence-corrected chi connectivity index (χ2v) is 7.13. The number of amides is 1. The van der Waals surface area contributed by atoms with Gasteiger partial charge >= 0.3 is 0 Å². The van der Waals surface area contributed by atoms with Gasteiger partial charge in [-0.25, -0.2) is 8.78 Å². The zero-order chi connectivity index (χ0) is 22.7.